The van der Waals surface area contributed by atoms with Crippen molar-refractivity contribution < 1.29 is 32.2 Å². The van der Waals surface area contributed by atoms with Gasteiger partial charge in [-0.25, -0.2) is 4.79 Å². The van der Waals surface area contributed by atoms with Gasteiger partial charge in [-0.15, -0.1) is 0 Å². The molecule has 0 radical (unpaired) electrons. The van der Waals surface area contributed by atoms with E-state index in [2.05, 4.69) is 9.88 Å². The maximum Gasteiger partial charge on any atom is 0.418 e. The molecule has 2 amide bonds. The number of hydrogen-bond acceptors (Lipinski definition) is 7. The molecule has 3 aromatic rings. The van der Waals surface area contributed by atoms with Crippen molar-refractivity contribution in [2.75, 3.05) is 58.2 Å². The number of carbonyl (C=O) groups excluding carboxylic acids is 2. The summed E-state index contributed by atoms with van der Waals surface area (Å²) in [7, 11) is 0. The summed E-state index contributed by atoms with van der Waals surface area (Å²) in [5.41, 5.74) is 5.22. The molecular weight excluding hydrogens is 651 g/mol. The minimum absolute atomic E-state index is 0.0720. The topological polar surface area (TPSA) is 121 Å². The van der Waals surface area contributed by atoms with E-state index in [1.807, 2.05) is 30.3 Å². The molecule has 3 aliphatic rings. The van der Waals surface area contributed by atoms with E-state index in [4.69, 9.17) is 26.8 Å². The molecular formula is C34H39ClF3N5O5. The van der Waals surface area contributed by atoms with E-state index in [1.165, 1.54) is 11.0 Å². The molecule has 1 aromatic heterocycles. The average Bonchev–Trinajstić information content (AvgIpc) is 3.09. The lowest BCUT2D eigenvalue weighted by molar-refractivity contribution is -0.143. The van der Waals surface area contributed by atoms with Gasteiger partial charge >= 0.3 is 12.3 Å². The third-order valence-electron chi connectivity index (χ3n) is 9.74. The number of likely N-dealkylation sites (tertiary alicyclic amines) is 1. The summed E-state index contributed by atoms with van der Waals surface area (Å²) >= 11 is 6.09. The summed E-state index contributed by atoms with van der Waals surface area (Å²) in [6.07, 6.45) is -4.35. The number of ether oxygens (including phenoxy) is 2. The number of piperazine rings is 1. The number of halogens is 4. The molecule has 4 heterocycles. The number of anilines is 1. The van der Waals surface area contributed by atoms with Gasteiger partial charge < -0.3 is 30.0 Å². The quantitative estimate of drug-likeness (QED) is 0.348. The predicted molar refractivity (Wildman–Crippen MR) is 175 cm³/mol. The Morgan fingerprint density at radius 1 is 0.979 bits per heavy atom. The number of hydrogen-bond donors (Lipinski definition) is 2. The van der Waals surface area contributed by atoms with Crippen molar-refractivity contribution in [1.29, 1.82) is 0 Å². The summed E-state index contributed by atoms with van der Waals surface area (Å²) in [6.45, 7) is 4.01. The number of pyridine rings is 1. The van der Waals surface area contributed by atoms with E-state index in [0.29, 0.717) is 63.8 Å². The molecule has 2 aromatic carbocycles. The Morgan fingerprint density at radius 3 is 2.35 bits per heavy atom. The van der Waals surface area contributed by atoms with Crippen molar-refractivity contribution in [3.8, 4) is 0 Å². The Bertz CT molecular complexity index is 1700. The van der Waals surface area contributed by atoms with Crippen LogP contribution in [0.1, 0.15) is 48.3 Å². The molecule has 10 nitrogen and oxygen atoms in total. The smallest absolute Gasteiger partial charge is 0.418 e. The zero-order chi connectivity index (χ0) is 34.0. The van der Waals surface area contributed by atoms with Crippen LogP contribution in [0.2, 0.25) is 5.02 Å². The van der Waals surface area contributed by atoms with Crippen LogP contribution in [0.25, 0.3) is 10.9 Å². The highest BCUT2D eigenvalue weighted by Crippen LogP contribution is 2.38. The van der Waals surface area contributed by atoms with Crippen molar-refractivity contribution in [2.45, 2.75) is 56.3 Å². The number of carbonyl (C=O) groups is 2. The van der Waals surface area contributed by atoms with Crippen LogP contribution in [0.3, 0.4) is 0 Å². The Balaban J connectivity index is 1.16. The molecule has 3 aliphatic heterocycles. The van der Waals surface area contributed by atoms with Crippen molar-refractivity contribution in [2.24, 2.45) is 0 Å². The van der Waals surface area contributed by atoms with Crippen molar-refractivity contribution in [3.05, 3.63) is 74.5 Å². The summed E-state index contributed by atoms with van der Waals surface area (Å²) in [4.78, 5) is 48.6. The Kier molecular flexibility index (Phi) is 10.2. The standard InChI is InChI=1S/C34H39ClF3N5O5/c35-27-18-21(17-26(30(27)39)34(36,37)38)19-29(32(45)42-13-11-41(12-14-42)24-7-15-47-16-8-24)48-33(46)43-9-5-22(6-10-43)25-20-23-3-1-2-4-28(23)40-31(25)44/h1-4,17-18,20,22,24,29H,5-16,19,39H2,(H,40,44)/t29-/m1/s1. The summed E-state index contributed by atoms with van der Waals surface area (Å²) in [5, 5.41) is 0.619. The van der Waals surface area contributed by atoms with Gasteiger partial charge in [0.05, 0.1) is 16.3 Å². The number of alkyl halides is 3. The average molecular weight is 690 g/mol. The van der Waals surface area contributed by atoms with Crippen LogP contribution in [0, 0.1) is 0 Å². The number of aromatic amines is 1. The lowest BCUT2D eigenvalue weighted by atomic mass is 9.89. The third kappa shape index (κ3) is 7.58. The number of nitrogens with zero attached hydrogens (tertiary/aromatic N) is 3. The molecule has 0 aliphatic carbocycles. The number of nitrogens with one attached hydrogen (secondary N) is 1. The van der Waals surface area contributed by atoms with Gasteiger partial charge in [-0.2, -0.15) is 13.2 Å². The van der Waals surface area contributed by atoms with Crippen molar-refractivity contribution >= 4 is 40.2 Å². The van der Waals surface area contributed by atoms with Gasteiger partial charge in [0, 0.05) is 76.0 Å². The van der Waals surface area contributed by atoms with Crippen LogP contribution < -0.4 is 11.3 Å². The van der Waals surface area contributed by atoms with Gasteiger partial charge in [0.2, 0.25) is 0 Å². The fraction of sp³-hybridized carbons (Fsp3) is 0.500. The van der Waals surface area contributed by atoms with Crippen molar-refractivity contribution in [3.63, 3.8) is 0 Å². The van der Waals surface area contributed by atoms with Crippen LogP contribution in [0.4, 0.5) is 23.7 Å². The first kappa shape index (κ1) is 34.1. The number of piperidine rings is 1. The fourth-order valence-corrected chi connectivity index (χ4v) is 7.26. The number of rotatable bonds is 6. The second kappa shape index (κ2) is 14.4. The van der Waals surface area contributed by atoms with Crippen LogP contribution in [-0.4, -0.2) is 96.3 Å². The van der Waals surface area contributed by atoms with E-state index in [9.17, 15) is 27.6 Å². The Labute approximate surface area is 280 Å². The molecule has 0 spiro atoms. The molecule has 0 saturated carbocycles. The van der Waals surface area contributed by atoms with Crippen LogP contribution in [-0.2, 0) is 26.9 Å². The summed E-state index contributed by atoms with van der Waals surface area (Å²) < 4.78 is 52.5. The van der Waals surface area contributed by atoms with Crippen LogP contribution in [0.5, 0.6) is 0 Å². The van der Waals surface area contributed by atoms with Gasteiger partial charge in [-0.05, 0) is 66.8 Å². The molecule has 0 unspecified atom stereocenters. The number of amides is 2. The van der Waals surface area contributed by atoms with Gasteiger partial charge in [-0.1, -0.05) is 29.8 Å². The van der Waals surface area contributed by atoms with Crippen LogP contribution in [0.15, 0.2) is 47.3 Å². The molecule has 258 valence electrons. The monoisotopic (exact) mass is 689 g/mol. The first-order valence-corrected chi connectivity index (χ1v) is 16.7. The zero-order valence-corrected chi connectivity index (χ0v) is 27.2. The third-order valence-corrected chi connectivity index (χ3v) is 10.1. The molecule has 1 atom stereocenters. The second-order valence-corrected chi connectivity index (χ2v) is 13.1. The van der Waals surface area contributed by atoms with E-state index in [-0.39, 0.29) is 41.6 Å². The number of fused-ring (bicyclic) bond motifs is 1. The Morgan fingerprint density at radius 2 is 1.67 bits per heavy atom. The number of aromatic nitrogens is 1. The number of nitrogens with two attached hydrogens (primary N) is 1. The van der Waals surface area contributed by atoms with Gasteiger partial charge in [0.15, 0.2) is 6.10 Å². The molecule has 6 rings (SSSR count). The van der Waals surface area contributed by atoms with E-state index >= 15 is 0 Å². The first-order chi connectivity index (χ1) is 23.0. The normalized spacial score (nSPS) is 19.4. The van der Waals surface area contributed by atoms with E-state index < -0.39 is 35.5 Å². The SMILES string of the molecule is Nc1c(Cl)cc(C[C@@H](OC(=O)N2CCC(c3cc4ccccc4[nH]c3=O)CC2)C(=O)N2CCN(C3CCOCC3)CC2)cc1C(F)(F)F. The van der Waals surface area contributed by atoms with Gasteiger partial charge in [0.25, 0.3) is 11.5 Å². The molecule has 3 N–H and O–H groups in total. The highest BCUT2D eigenvalue weighted by atomic mass is 35.5. The van der Waals surface area contributed by atoms with Crippen LogP contribution >= 0.6 is 11.6 Å². The van der Waals surface area contributed by atoms with E-state index in [0.717, 1.165) is 29.8 Å². The van der Waals surface area contributed by atoms with E-state index in [1.54, 1.807) is 4.90 Å². The van der Waals surface area contributed by atoms with Gasteiger partial charge in [0.1, 0.15) is 0 Å². The zero-order valence-electron chi connectivity index (χ0n) is 26.4. The first-order valence-electron chi connectivity index (χ1n) is 16.3. The maximum absolute atomic E-state index is 13.9. The van der Waals surface area contributed by atoms with Crippen molar-refractivity contribution in [1.82, 2.24) is 19.7 Å². The number of para-hydroxylation sites is 1. The maximum atomic E-state index is 13.9. The fourth-order valence-electron chi connectivity index (χ4n) is 7.02. The molecule has 14 heteroatoms. The number of H-pyrrole nitrogens is 1. The Hall–Kier alpha value is -3.81. The molecule has 3 saturated heterocycles. The predicted octanol–water partition coefficient (Wildman–Crippen LogP) is 5.03. The second-order valence-electron chi connectivity index (χ2n) is 12.7. The highest BCUT2D eigenvalue weighted by molar-refractivity contribution is 6.33. The highest BCUT2D eigenvalue weighted by Gasteiger charge is 2.37. The minimum atomic E-state index is -4.77. The summed E-state index contributed by atoms with van der Waals surface area (Å²) in [6, 6.07) is 11.9. The largest absolute Gasteiger partial charge is 0.436 e. The molecule has 3 fully saturated rings. The number of benzene rings is 2. The molecule has 0 bridgehead atoms. The number of nitrogen functional groups attached to an aromatic ring is 1. The van der Waals surface area contributed by atoms with Gasteiger partial charge in [-0.3, -0.25) is 14.5 Å². The minimum Gasteiger partial charge on any atom is -0.436 e. The lowest BCUT2D eigenvalue weighted by Crippen LogP contribution is -2.55. The summed E-state index contributed by atoms with van der Waals surface area (Å²) in [5.74, 6) is -0.557. The lowest BCUT2D eigenvalue weighted by Gasteiger charge is -2.41. The molecule has 48 heavy (non-hydrogen) atoms.